The Morgan fingerprint density at radius 1 is 1.22 bits per heavy atom. The molecule has 1 N–H and O–H groups in total. The minimum atomic E-state index is -5.52. The SMILES string of the molecule is CN(C)CC(Nc1cc(F)c(S(=O)(=O)N(OC(=O)C(F)(F)F)c2nccs2)cc1Cl)c1ccccc1. The molecule has 1 aromatic heterocycles. The molecule has 0 amide bonds. The molecule has 2 aromatic carbocycles. The van der Waals surface area contributed by atoms with E-state index in [1.54, 1.807) is 0 Å². The smallest absolute Gasteiger partial charge is 0.376 e. The number of halogens is 5. The molecule has 3 rings (SSSR count). The van der Waals surface area contributed by atoms with E-state index in [1.165, 1.54) is 5.38 Å². The number of anilines is 2. The Hall–Kier alpha value is -2.94. The monoisotopic (exact) mass is 566 g/mol. The van der Waals surface area contributed by atoms with Crippen LogP contribution in [-0.4, -0.2) is 51.1 Å². The first kappa shape index (κ1) is 27.6. The van der Waals surface area contributed by atoms with Gasteiger partial charge in [0, 0.05) is 18.1 Å². The van der Waals surface area contributed by atoms with Gasteiger partial charge in [0.1, 0.15) is 10.7 Å². The Morgan fingerprint density at radius 3 is 2.44 bits per heavy atom. The van der Waals surface area contributed by atoms with Gasteiger partial charge >= 0.3 is 22.2 Å². The average Bonchev–Trinajstić information content (AvgIpc) is 3.32. The molecule has 0 bridgehead atoms. The molecular formula is C21H19ClF4N4O4S2. The molecule has 0 aliphatic carbocycles. The van der Waals surface area contributed by atoms with E-state index in [0.717, 1.165) is 17.8 Å². The molecule has 0 saturated heterocycles. The maximum Gasteiger partial charge on any atom is 0.493 e. The van der Waals surface area contributed by atoms with Crippen molar-refractivity contribution in [2.75, 3.05) is 30.4 Å². The third-order valence-corrected chi connectivity index (χ3v) is 7.29. The number of carbonyl (C=O) groups excluding carboxylic acids is 1. The first-order valence-electron chi connectivity index (χ1n) is 10.00. The van der Waals surface area contributed by atoms with E-state index < -0.39 is 38.0 Å². The highest BCUT2D eigenvalue weighted by Gasteiger charge is 2.46. The van der Waals surface area contributed by atoms with Gasteiger partial charge in [0.25, 0.3) is 0 Å². The maximum absolute atomic E-state index is 15.1. The van der Waals surface area contributed by atoms with Crippen molar-refractivity contribution in [2.45, 2.75) is 17.1 Å². The molecule has 194 valence electrons. The molecule has 0 aliphatic rings. The molecule has 0 spiro atoms. The number of thiazole rings is 1. The fourth-order valence-corrected chi connectivity index (χ4v) is 5.39. The third-order valence-electron chi connectivity index (χ3n) is 4.57. The second-order valence-electron chi connectivity index (χ2n) is 7.56. The van der Waals surface area contributed by atoms with Gasteiger partial charge in [0.2, 0.25) is 5.13 Å². The number of hydrogen-bond donors (Lipinski definition) is 1. The predicted octanol–water partition coefficient (Wildman–Crippen LogP) is 4.87. The standard InChI is InChI=1S/C21H19ClF4N4O4S2/c1-29(2)12-17(13-6-4-3-5-7-13)28-16-11-15(23)18(10-14(16)22)36(32,33)30(20-27-8-9-35-20)34-19(31)21(24,25)26/h3-11,17,28H,12H2,1-2H3. The van der Waals surface area contributed by atoms with Gasteiger partial charge in [-0.2, -0.15) is 21.6 Å². The van der Waals surface area contributed by atoms with E-state index in [4.69, 9.17) is 11.6 Å². The molecular weight excluding hydrogens is 548 g/mol. The van der Waals surface area contributed by atoms with Crippen LogP contribution in [0.25, 0.3) is 0 Å². The summed E-state index contributed by atoms with van der Waals surface area (Å²) in [6.07, 6.45) is -4.46. The van der Waals surface area contributed by atoms with Crippen molar-refractivity contribution in [3.05, 3.63) is 70.4 Å². The van der Waals surface area contributed by atoms with E-state index in [1.807, 2.05) is 49.3 Å². The summed E-state index contributed by atoms with van der Waals surface area (Å²) in [7, 11) is -1.56. The lowest BCUT2D eigenvalue weighted by atomic mass is 10.1. The zero-order valence-corrected chi connectivity index (χ0v) is 21.1. The van der Waals surface area contributed by atoms with Crippen LogP contribution in [0.5, 0.6) is 0 Å². The van der Waals surface area contributed by atoms with Crippen molar-refractivity contribution >= 4 is 49.7 Å². The summed E-state index contributed by atoms with van der Waals surface area (Å²) in [4.78, 5) is 19.8. The molecule has 36 heavy (non-hydrogen) atoms. The van der Waals surface area contributed by atoms with Crippen molar-refractivity contribution in [1.29, 1.82) is 0 Å². The summed E-state index contributed by atoms with van der Waals surface area (Å²) in [5, 5.41) is 3.39. The maximum atomic E-state index is 15.1. The molecule has 8 nitrogen and oxygen atoms in total. The van der Waals surface area contributed by atoms with E-state index in [2.05, 4.69) is 15.1 Å². The minimum absolute atomic E-state index is 0.0388. The zero-order valence-electron chi connectivity index (χ0n) is 18.7. The molecule has 0 radical (unpaired) electrons. The Balaban J connectivity index is 2.00. The summed E-state index contributed by atoms with van der Waals surface area (Å²) in [6.45, 7) is 0.466. The van der Waals surface area contributed by atoms with Gasteiger partial charge < -0.3 is 15.1 Å². The molecule has 1 unspecified atom stereocenters. The Labute approximate surface area is 213 Å². The number of aromatic nitrogens is 1. The third kappa shape index (κ3) is 6.43. The van der Waals surface area contributed by atoms with Gasteiger partial charge in [0.15, 0.2) is 0 Å². The average molecular weight is 567 g/mol. The van der Waals surface area contributed by atoms with E-state index >= 15 is 4.39 Å². The predicted molar refractivity (Wildman–Crippen MR) is 127 cm³/mol. The van der Waals surface area contributed by atoms with Crippen molar-refractivity contribution in [1.82, 2.24) is 9.88 Å². The number of carbonyl (C=O) groups is 1. The number of sulfonamides is 1. The Bertz CT molecular complexity index is 1310. The number of nitrogens with one attached hydrogen (secondary N) is 1. The molecule has 1 heterocycles. The second-order valence-corrected chi connectivity index (χ2v) is 10.6. The van der Waals surface area contributed by atoms with Crippen LogP contribution in [0.1, 0.15) is 11.6 Å². The van der Waals surface area contributed by atoms with Gasteiger partial charge in [-0.15, -0.1) is 11.3 Å². The van der Waals surface area contributed by atoms with Crippen molar-refractivity contribution in [3.8, 4) is 0 Å². The number of likely N-dealkylation sites (N-methyl/N-ethyl adjacent to an activating group) is 1. The molecule has 0 saturated carbocycles. The fraction of sp³-hybridized carbons (Fsp3) is 0.238. The summed E-state index contributed by atoms with van der Waals surface area (Å²) >= 11 is 6.81. The summed E-state index contributed by atoms with van der Waals surface area (Å²) in [5.74, 6) is -4.18. The second kappa shape index (κ2) is 11.0. The van der Waals surface area contributed by atoms with Gasteiger partial charge in [-0.3, -0.25) is 0 Å². The molecule has 1 atom stereocenters. The first-order chi connectivity index (χ1) is 16.8. The summed E-state index contributed by atoms with van der Waals surface area (Å²) < 4.78 is 79.2. The van der Waals surface area contributed by atoms with Crippen molar-refractivity contribution in [3.63, 3.8) is 0 Å². The number of benzene rings is 2. The summed E-state index contributed by atoms with van der Waals surface area (Å²) in [5.41, 5.74) is 0.880. The lowest BCUT2D eigenvalue weighted by Gasteiger charge is -2.25. The Morgan fingerprint density at radius 2 is 1.89 bits per heavy atom. The normalized spacial score (nSPS) is 12.9. The minimum Gasteiger partial charge on any atom is -0.376 e. The van der Waals surface area contributed by atoms with E-state index in [0.29, 0.717) is 23.9 Å². The van der Waals surface area contributed by atoms with Gasteiger partial charge in [0.05, 0.1) is 16.8 Å². The molecule has 15 heteroatoms. The van der Waals surface area contributed by atoms with Crippen LogP contribution in [-0.2, 0) is 19.7 Å². The summed E-state index contributed by atoms with van der Waals surface area (Å²) in [6, 6.07) is 10.3. The van der Waals surface area contributed by atoms with Crippen LogP contribution in [0.4, 0.5) is 28.4 Å². The molecule has 0 aliphatic heterocycles. The van der Waals surface area contributed by atoms with E-state index in [9.17, 15) is 26.4 Å². The van der Waals surface area contributed by atoms with Gasteiger partial charge in [-0.1, -0.05) is 46.4 Å². The van der Waals surface area contributed by atoms with Gasteiger partial charge in [-0.25, -0.2) is 14.2 Å². The van der Waals surface area contributed by atoms with Crippen LogP contribution >= 0.6 is 22.9 Å². The van der Waals surface area contributed by atoms with Crippen LogP contribution in [0.3, 0.4) is 0 Å². The van der Waals surface area contributed by atoms with Crippen LogP contribution in [0.2, 0.25) is 5.02 Å². The topological polar surface area (TPSA) is 91.8 Å². The highest BCUT2D eigenvalue weighted by Crippen LogP contribution is 2.35. The highest BCUT2D eigenvalue weighted by atomic mass is 35.5. The lowest BCUT2D eigenvalue weighted by Crippen LogP contribution is -2.39. The lowest BCUT2D eigenvalue weighted by molar-refractivity contribution is -0.199. The van der Waals surface area contributed by atoms with Gasteiger partial charge in [-0.05, 0) is 31.8 Å². The van der Waals surface area contributed by atoms with Crippen LogP contribution in [0, 0.1) is 5.82 Å². The first-order valence-corrected chi connectivity index (χ1v) is 12.7. The highest BCUT2D eigenvalue weighted by molar-refractivity contribution is 7.92. The number of nitrogens with zero attached hydrogens (tertiary/aromatic N) is 3. The number of hydrogen-bond acceptors (Lipinski definition) is 8. The largest absolute Gasteiger partial charge is 0.493 e. The van der Waals surface area contributed by atoms with Crippen LogP contribution in [0.15, 0.2) is 58.9 Å². The molecule has 0 fully saturated rings. The quantitative estimate of drug-likeness (QED) is 0.292. The Kier molecular flexibility index (Phi) is 8.44. The molecule has 3 aromatic rings. The number of rotatable bonds is 9. The van der Waals surface area contributed by atoms with Crippen molar-refractivity contribution < 1.29 is 35.6 Å². The number of alkyl halides is 3. The van der Waals surface area contributed by atoms with Crippen LogP contribution < -0.4 is 9.79 Å². The zero-order chi connectivity index (χ0) is 26.7. The van der Waals surface area contributed by atoms with Crippen molar-refractivity contribution in [2.24, 2.45) is 0 Å². The van der Waals surface area contributed by atoms with E-state index in [-0.39, 0.29) is 21.2 Å². The fourth-order valence-electron chi connectivity index (χ4n) is 3.02.